The Morgan fingerprint density at radius 2 is 1.10 bits per heavy atom. The fourth-order valence-corrected chi connectivity index (χ4v) is 5.57. The second-order valence-corrected chi connectivity index (χ2v) is 9.84. The van der Waals surface area contributed by atoms with Gasteiger partial charge in [-0.1, -0.05) is 18.7 Å². The van der Waals surface area contributed by atoms with Crippen molar-refractivity contribution < 1.29 is 0 Å². The highest BCUT2D eigenvalue weighted by Gasteiger charge is 2.26. The standard InChI is InChI=1S/C31H36/c1-15-12-28-26(22(8)17(15)3)14-27-23(9)18(4)16(2)13-29(27)31(28)30-24(10)20(6)19(5)21(7)25(30)11/h12-13H,3,14H2,1-2,4-11H3. The molecule has 3 aromatic rings. The van der Waals surface area contributed by atoms with E-state index in [1.807, 2.05) is 0 Å². The maximum atomic E-state index is 4.40. The molecule has 160 valence electrons. The van der Waals surface area contributed by atoms with Crippen LogP contribution in [-0.4, -0.2) is 0 Å². The molecule has 0 nitrogen and oxygen atoms in total. The van der Waals surface area contributed by atoms with Gasteiger partial charge in [-0.3, -0.25) is 0 Å². The van der Waals surface area contributed by atoms with E-state index in [0.717, 1.165) is 6.42 Å². The minimum Gasteiger partial charge on any atom is -0.0912 e. The van der Waals surface area contributed by atoms with Crippen LogP contribution in [0.3, 0.4) is 0 Å². The Labute approximate surface area is 188 Å². The van der Waals surface area contributed by atoms with Crippen LogP contribution in [-0.2, 0) is 6.42 Å². The van der Waals surface area contributed by atoms with E-state index in [0.29, 0.717) is 0 Å². The highest BCUT2D eigenvalue weighted by atomic mass is 14.3. The fraction of sp³-hybridized carbons (Fsp3) is 0.355. The van der Waals surface area contributed by atoms with E-state index in [1.54, 1.807) is 0 Å². The zero-order valence-corrected chi connectivity index (χ0v) is 21.1. The SMILES string of the molecule is C=c1c(C)cc2c(c1C)Cc1c(cc(C)c(C)c1C)C=2c1c(C)c(C)c(C)c(C)c1C. The Morgan fingerprint density at radius 1 is 0.548 bits per heavy atom. The third-order valence-electron chi connectivity index (χ3n) is 8.50. The molecule has 0 heterocycles. The molecule has 0 heteroatoms. The first-order chi connectivity index (χ1) is 14.5. The van der Waals surface area contributed by atoms with Crippen molar-refractivity contribution in [3.63, 3.8) is 0 Å². The van der Waals surface area contributed by atoms with Gasteiger partial charge < -0.3 is 0 Å². The first-order valence-electron chi connectivity index (χ1n) is 11.5. The van der Waals surface area contributed by atoms with Crippen molar-refractivity contribution in [3.8, 4) is 0 Å². The van der Waals surface area contributed by atoms with Crippen LogP contribution in [0, 0.1) is 69.2 Å². The Bertz CT molecular complexity index is 1360. The van der Waals surface area contributed by atoms with Gasteiger partial charge in [0.1, 0.15) is 0 Å². The van der Waals surface area contributed by atoms with E-state index in [1.165, 1.54) is 93.9 Å². The molecule has 1 aliphatic rings. The second kappa shape index (κ2) is 7.23. The van der Waals surface area contributed by atoms with Gasteiger partial charge in [-0.2, -0.15) is 0 Å². The van der Waals surface area contributed by atoms with E-state index in [-0.39, 0.29) is 0 Å². The predicted octanol–water partition coefficient (Wildman–Crippen LogP) is 6.33. The van der Waals surface area contributed by atoms with Crippen LogP contribution in [0.1, 0.15) is 77.9 Å². The van der Waals surface area contributed by atoms with Crippen LogP contribution in [0.25, 0.3) is 12.2 Å². The van der Waals surface area contributed by atoms with Gasteiger partial charge in [-0.15, -0.1) is 0 Å². The Kier molecular flexibility index (Phi) is 5.04. The number of hydrogen-bond acceptors (Lipinski definition) is 0. The molecule has 0 saturated carbocycles. The summed E-state index contributed by atoms with van der Waals surface area (Å²) in [6.07, 6.45) is 0.998. The maximum Gasteiger partial charge on any atom is -0.000786 e. The molecule has 3 aromatic carbocycles. The zero-order chi connectivity index (χ0) is 22.9. The average molecular weight is 409 g/mol. The molecule has 0 spiro atoms. The summed E-state index contributed by atoms with van der Waals surface area (Å²) in [7, 11) is 0. The molecule has 1 aliphatic carbocycles. The number of rotatable bonds is 1. The van der Waals surface area contributed by atoms with E-state index < -0.39 is 0 Å². The maximum absolute atomic E-state index is 4.40. The van der Waals surface area contributed by atoms with Crippen molar-refractivity contribution in [2.45, 2.75) is 75.7 Å². The van der Waals surface area contributed by atoms with Gasteiger partial charge in [0.15, 0.2) is 0 Å². The molecule has 0 N–H and O–H groups in total. The molecule has 0 amide bonds. The topological polar surface area (TPSA) is 0 Å². The third-order valence-corrected chi connectivity index (χ3v) is 8.50. The van der Waals surface area contributed by atoms with Crippen molar-refractivity contribution >= 4 is 12.2 Å². The van der Waals surface area contributed by atoms with Crippen molar-refractivity contribution in [3.05, 3.63) is 100 Å². The van der Waals surface area contributed by atoms with Gasteiger partial charge >= 0.3 is 0 Å². The molecule has 31 heavy (non-hydrogen) atoms. The summed E-state index contributed by atoms with van der Waals surface area (Å²) in [5.74, 6) is 0. The van der Waals surface area contributed by atoms with E-state index in [9.17, 15) is 0 Å². The summed E-state index contributed by atoms with van der Waals surface area (Å²) in [6, 6.07) is 4.85. The second-order valence-electron chi connectivity index (χ2n) is 9.84. The van der Waals surface area contributed by atoms with Crippen molar-refractivity contribution in [1.82, 2.24) is 0 Å². The molecule has 0 radical (unpaired) electrons. The highest BCUT2D eigenvalue weighted by Crippen LogP contribution is 2.39. The van der Waals surface area contributed by atoms with Gasteiger partial charge in [0.25, 0.3) is 0 Å². The zero-order valence-electron chi connectivity index (χ0n) is 21.1. The smallest absolute Gasteiger partial charge is 0.000786 e. The molecule has 0 atom stereocenters. The first-order valence-corrected chi connectivity index (χ1v) is 11.5. The van der Waals surface area contributed by atoms with E-state index in [4.69, 9.17) is 0 Å². The van der Waals surface area contributed by atoms with Gasteiger partial charge in [0.2, 0.25) is 0 Å². The van der Waals surface area contributed by atoms with Crippen LogP contribution in [0.5, 0.6) is 0 Å². The molecular formula is C31H36. The molecule has 0 saturated heterocycles. The van der Waals surface area contributed by atoms with Crippen LogP contribution >= 0.6 is 0 Å². The number of benzene rings is 3. The lowest BCUT2D eigenvalue weighted by atomic mass is 9.75. The summed E-state index contributed by atoms with van der Waals surface area (Å²) in [4.78, 5) is 0. The predicted molar refractivity (Wildman–Crippen MR) is 136 cm³/mol. The molecule has 4 rings (SSSR count). The largest absolute Gasteiger partial charge is 0.0912 e. The lowest BCUT2D eigenvalue weighted by Gasteiger charge is -2.29. The normalized spacial score (nSPS) is 12.8. The third kappa shape index (κ3) is 2.95. The number of fused-ring (bicyclic) bond motifs is 2. The lowest BCUT2D eigenvalue weighted by molar-refractivity contribution is 1.04. The summed E-state index contributed by atoms with van der Waals surface area (Å²) >= 11 is 0. The lowest BCUT2D eigenvalue weighted by Crippen LogP contribution is -2.29. The van der Waals surface area contributed by atoms with Crippen molar-refractivity contribution in [1.29, 1.82) is 0 Å². The van der Waals surface area contributed by atoms with Crippen LogP contribution in [0.2, 0.25) is 0 Å². The number of aryl methyl sites for hydroxylation is 2. The first kappa shape index (κ1) is 21.6. The van der Waals surface area contributed by atoms with Crippen LogP contribution in [0.4, 0.5) is 0 Å². The van der Waals surface area contributed by atoms with Gasteiger partial charge in [0, 0.05) is 0 Å². The molecular weight excluding hydrogens is 372 g/mol. The van der Waals surface area contributed by atoms with E-state index >= 15 is 0 Å². The van der Waals surface area contributed by atoms with E-state index in [2.05, 4.69) is 87.9 Å². The Balaban J connectivity index is 2.34. The van der Waals surface area contributed by atoms with Gasteiger partial charge in [-0.25, -0.2) is 0 Å². The quantitative estimate of drug-likeness (QED) is 0.345. The van der Waals surface area contributed by atoms with Crippen LogP contribution in [0.15, 0.2) is 12.1 Å². The Hall–Kier alpha value is -2.60. The summed E-state index contributed by atoms with van der Waals surface area (Å²) in [5, 5.41) is 2.60. The molecule has 0 fully saturated rings. The summed E-state index contributed by atoms with van der Waals surface area (Å²) in [6.45, 7) is 27.2. The van der Waals surface area contributed by atoms with Crippen LogP contribution < -0.4 is 10.4 Å². The number of hydrogen-bond donors (Lipinski definition) is 0. The Morgan fingerprint density at radius 3 is 1.68 bits per heavy atom. The van der Waals surface area contributed by atoms with Gasteiger partial charge in [-0.05, 0) is 170 Å². The minimum atomic E-state index is 0.998. The fourth-order valence-electron chi connectivity index (χ4n) is 5.57. The average Bonchev–Trinajstić information content (AvgIpc) is 2.74. The van der Waals surface area contributed by atoms with Crippen molar-refractivity contribution in [2.75, 3.05) is 0 Å². The monoisotopic (exact) mass is 408 g/mol. The highest BCUT2D eigenvalue weighted by molar-refractivity contribution is 5.88. The minimum absolute atomic E-state index is 0.998. The molecule has 0 aromatic heterocycles. The van der Waals surface area contributed by atoms with Crippen molar-refractivity contribution in [2.24, 2.45) is 0 Å². The molecule has 0 aliphatic heterocycles. The van der Waals surface area contributed by atoms with Gasteiger partial charge in [0.05, 0.1) is 0 Å². The molecule has 0 bridgehead atoms. The summed E-state index contributed by atoms with van der Waals surface area (Å²) in [5.41, 5.74) is 21.2. The summed E-state index contributed by atoms with van der Waals surface area (Å²) < 4.78 is 0. The molecule has 0 unspecified atom stereocenters.